The average molecular weight is 700 g/mol. The summed E-state index contributed by atoms with van der Waals surface area (Å²) < 4.78 is 36.4. The third kappa shape index (κ3) is 7.96. The number of carbonyl (C=O) groups excluding carboxylic acids is 1. The van der Waals surface area contributed by atoms with Crippen LogP contribution in [-0.4, -0.2) is 77.3 Å². The van der Waals surface area contributed by atoms with Crippen molar-refractivity contribution in [3.63, 3.8) is 0 Å². The standard InChI is InChI=1S/C16H16ClN2O7P.C12H16N2O6/c1-9-7-19(15(22)18-14(9)21)13-6-16(23,12(8-20)25-13)27(24)26-11-5-3-2-4-10(11)17;1-6-4-14(12(18)13-11(6)17)10-3-8(19-7(2)16)9(5-15)20-10/h2-5,7,12-13,20,23H,6,8H2,1H3;4,8-10,15H,3,5H2,1-2H3,(H,13,17,18)/p+1/t12-,13-,16-;8-,9+,10+/m10/s1. The summed E-state index contributed by atoms with van der Waals surface area (Å²) in [7, 11) is -2.79. The molecule has 0 aliphatic carbocycles. The first kappa shape index (κ1) is 35.9. The van der Waals surface area contributed by atoms with Crippen molar-refractivity contribution in [1.29, 1.82) is 0 Å². The van der Waals surface area contributed by atoms with Crippen molar-refractivity contribution in [2.75, 3.05) is 13.2 Å². The van der Waals surface area contributed by atoms with Crippen LogP contribution in [-0.2, 0) is 23.6 Å². The summed E-state index contributed by atoms with van der Waals surface area (Å²) >= 11 is 5.97. The highest BCUT2D eigenvalue weighted by molar-refractivity contribution is 7.41. The third-order valence-corrected chi connectivity index (χ3v) is 9.18. The molecule has 17 nitrogen and oxygen atoms in total. The highest BCUT2D eigenvalue weighted by atomic mass is 35.5. The SMILES string of the molecule is CC(=O)O[C@H]1C[C@H](n2cc(C)c(=O)[nH]c2=O)O[C@@H]1CO.Cc1cn([C@H]2C[C@@](O)([P+](=O)Oc3ccccc3Cl)[C@@H](CO)O2)c(=O)[nH]c1=O. The van der Waals surface area contributed by atoms with Crippen LogP contribution >= 0.6 is 19.6 Å². The first-order valence-corrected chi connectivity index (χ1v) is 15.7. The number of aromatic amines is 2. The van der Waals surface area contributed by atoms with E-state index in [1.807, 2.05) is 0 Å². The Balaban J connectivity index is 0.000000223. The molecule has 0 bridgehead atoms. The van der Waals surface area contributed by atoms with Crippen molar-refractivity contribution in [3.05, 3.63) is 94.5 Å². The number of H-pyrrole nitrogens is 2. The number of aliphatic hydroxyl groups excluding tert-OH is 2. The summed E-state index contributed by atoms with van der Waals surface area (Å²) in [5, 5.41) is 27.8. The number of rotatable bonds is 8. The topological polar surface area (TPSA) is 241 Å². The van der Waals surface area contributed by atoms with Crippen LogP contribution in [0.25, 0.3) is 0 Å². The van der Waals surface area contributed by atoms with Crippen molar-refractivity contribution in [1.82, 2.24) is 19.1 Å². The fraction of sp³-hybridized carbons (Fsp3) is 0.464. The van der Waals surface area contributed by atoms with Gasteiger partial charge >= 0.3 is 30.7 Å². The Hall–Kier alpha value is -3.96. The number of halogens is 1. The molecule has 7 atom stereocenters. The van der Waals surface area contributed by atoms with Crippen LogP contribution in [0, 0.1) is 13.8 Å². The van der Waals surface area contributed by atoms with E-state index in [1.165, 1.54) is 42.9 Å². The zero-order valence-electron chi connectivity index (χ0n) is 25.3. The number of aryl methyl sites for hydroxylation is 2. The van der Waals surface area contributed by atoms with Crippen molar-refractivity contribution < 1.29 is 43.4 Å². The van der Waals surface area contributed by atoms with E-state index >= 15 is 0 Å². The van der Waals surface area contributed by atoms with E-state index in [0.717, 1.165) is 4.57 Å². The molecule has 3 aromatic rings. The molecule has 1 unspecified atom stereocenters. The van der Waals surface area contributed by atoms with Gasteiger partial charge in [-0.2, -0.15) is 0 Å². The lowest BCUT2D eigenvalue weighted by atomic mass is 10.2. The molecule has 19 heteroatoms. The van der Waals surface area contributed by atoms with Gasteiger partial charge in [0.1, 0.15) is 24.7 Å². The minimum absolute atomic E-state index is 0.103. The molecule has 0 amide bonds. The van der Waals surface area contributed by atoms with Crippen molar-refractivity contribution in [2.45, 2.75) is 69.7 Å². The predicted molar refractivity (Wildman–Crippen MR) is 164 cm³/mol. The van der Waals surface area contributed by atoms with Crippen molar-refractivity contribution >= 4 is 25.6 Å². The smallest absolute Gasteiger partial charge is 0.460 e. The minimum Gasteiger partial charge on any atom is -0.460 e. The first-order chi connectivity index (χ1) is 22.2. The van der Waals surface area contributed by atoms with Gasteiger partial charge in [0.25, 0.3) is 11.1 Å². The number of ether oxygens (including phenoxy) is 3. The summed E-state index contributed by atoms with van der Waals surface area (Å²) in [5.41, 5.74) is -1.74. The Kier molecular flexibility index (Phi) is 11.3. The number of aromatic nitrogens is 4. The molecule has 5 N–H and O–H groups in total. The number of carbonyl (C=O) groups is 1. The van der Waals surface area contributed by atoms with Crippen LogP contribution in [0.3, 0.4) is 0 Å². The number of nitrogens with zero attached hydrogens (tertiary/aromatic N) is 2. The van der Waals surface area contributed by atoms with E-state index in [0.29, 0.717) is 5.56 Å². The van der Waals surface area contributed by atoms with Gasteiger partial charge in [-0.05, 0) is 30.5 Å². The van der Waals surface area contributed by atoms with Crippen LogP contribution in [0.4, 0.5) is 0 Å². The van der Waals surface area contributed by atoms with Crippen molar-refractivity contribution in [2.24, 2.45) is 0 Å². The van der Waals surface area contributed by atoms with Gasteiger partial charge in [-0.25, -0.2) is 9.59 Å². The molecule has 2 aliphatic heterocycles. The molecule has 4 heterocycles. The van der Waals surface area contributed by atoms with Crippen LogP contribution in [0.15, 0.2) is 55.8 Å². The number of para-hydroxylation sites is 1. The minimum atomic E-state index is -2.79. The van der Waals surface area contributed by atoms with Gasteiger partial charge in [-0.3, -0.25) is 38.0 Å². The van der Waals surface area contributed by atoms with Gasteiger partial charge in [-0.1, -0.05) is 23.7 Å². The largest absolute Gasteiger partial charge is 0.595 e. The number of hydrogen-bond donors (Lipinski definition) is 5. The second-order valence-electron chi connectivity index (χ2n) is 10.8. The van der Waals surface area contributed by atoms with E-state index < -0.39 is 79.2 Å². The Bertz CT molecular complexity index is 1870. The molecule has 0 saturated carbocycles. The molecular formula is C28H33ClN4O13P+. The zero-order chi connectivity index (χ0) is 34.6. The molecule has 5 rings (SSSR count). The van der Waals surface area contributed by atoms with Crippen molar-refractivity contribution in [3.8, 4) is 5.75 Å². The van der Waals surface area contributed by atoms with Gasteiger partial charge in [0.2, 0.25) is 5.75 Å². The molecule has 2 fully saturated rings. The quantitative estimate of drug-likeness (QED) is 0.158. The number of benzene rings is 1. The number of aliphatic hydroxyl groups is 3. The number of esters is 1. The predicted octanol–water partition coefficient (Wildman–Crippen LogP) is 0.345. The van der Waals surface area contributed by atoms with Gasteiger partial charge in [0, 0.05) is 36.9 Å². The van der Waals surface area contributed by atoms with Gasteiger partial charge in [0.15, 0.2) is 6.10 Å². The van der Waals surface area contributed by atoms with Gasteiger partial charge < -0.3 is 29.5 Å². The lowest BCUT2D eigenvalue weighted by Crippen LogP contribution is -2.38. The van der Waals surface area contributed by atoms with Gasteiger partial charge in [0.05, 0.1) is 24.7 Å². The maximum atomic E-state index is 12.7. The average Bonchev–Trinajstić information content (AvgIpc) is 3.58. The fourth-order valence-corrected chi connectivity index (χ4v) is 6.35. The molecule has 2 aromatic heterocycles. The molecule has 2 aliphatic rings. The summed E-state index contributed by atoms with van der Waals surface area (Å²) in [6.45, 7) is 3.35. The highest BCUT2D eigenvalue weighted by Gasteiger charge is 2.64. The molecule has 2 saturated heterocycles. The molecular weight excluding hydrogens is 667 g/mol. The number of nitrogens with one attached hydrogen (secondary N) is 2. The summed E-state index contributed by atoms with van der Waals surface area (Å²) in [5.74, 6) is -0.381. The van der Waals surface area contributed by atoms with Crippen LogP contribution < -0.4 is 27.0 Å². The van der Waals surface area contributed by atoms with E-state index in [-0.39, 0.29) is 35.8 Å². The summed E-state index contributed by atoms with van der Waals surface area (Å²) in [4.78, 5) is 61.9. The first-order valence-electron chi connectivity index (χ1n) is 14.1. The molecule has 0 spiro atoms. The second kappa shape index (κ2) is 14.9. The fourth-order valence-electron chi connectivity index (χ4n) is 4.94. The van der Waals surface area contributed by atoms with Crippen LogP contribution in [0.2, 0.25) is 5.02 Å². The Labute approximate surface area is 271 Å². The monoisotopic (exact) mass is 699 g/mol. The maximum Gasteiger partial charge on any atom is 0.595 e. The lowest BCUT2D eigenvalue weighted by Gasteiger charge is -2.15. The highest BCUT2D eigenvalue weighted by Crippen LogP contribution is 2.52. The van der Waals surface area contributed by atoms with E-state index in [2.05, 4.69) is 9.97 Å². The molecule has 0 radical (unpaired) electrons. The Morgan fingerprint density at radius 2 is 1.57 bits per heavy atom. The Morgan fingerprint density at radius 3 is 2.11 bits per heavy atom. The lowest BCUT2D eigenvalue weighted by molar-refractivity contribution is -0.150. The third-order valence-electron chi connectivity index (χ3n) is 7.40. The summed E-state index contributed by atoms with van der Waals surface area (Å²) in [6.07, 6.45) is -1.75. The van der Waals surface area contributed by atoms with Crippen LogP contribution in [0.1, 0.15) is 43.3 Å². The number of hydrogen-bond acceptors (Lipinski definition) is 13. The summed E-state index contributed by atoms with van der Waals surface area (Å²) in [6, 6.07) is 6.29. The molecule has 47 heavy (non-hydrogen) atoms. The van der Waals surface area contributed by atoms with Crippen LogP contribution in [0.5, 0.6) is 5.75 Å². The van der Waals surface area contributed by atoms with E-state index in [1.54, 1.807) is 19.1 Å². The maximum absolute atomic E-state index is 12.7. The molecule has 1 aromatic carbocycles. The van der Waals surface area contributed by atoms with E-state index in [9.17, 15) is 43.9 Å². The zero-order valence-corrected chi connectivity index (χ0v) is 27.0. The Morgan fingerprint density at radius 1 is 1.00 bits per heavy atom. The van der Waals surface area contributed by atoms with E-state index in [4.69, 9.17) is 30.3 Å². The van der Waals surface area contributed by atoms with Gasteiger partial charge in [-0.15, -0.1) is 0 Å². The molecule has 254 valence electrons. The normalized spacial score (nSPS) is 25.5. The second-order valence-corrected chi connectivity index (χ2v) is 12.7.